The Morgan fingerprint density at radius 1 is 1.16 bits per heavy atom. The van der Waals surface area contributed by atoms with Crippen LogP contribution in [0.25, 0.3) is 0 Å². The van der Waals surface area contributed by atoms with Crippen LogP contribution in [-0.4, -0.2) is 45.2 Å². The van der Waals surface area contributed by atoms with E-state index in [0.717, 1.165) is 12.8 Å². The number of aliphatic hydroxyl groups is 2. The van der Waals surface area contributed by atoms with Crippen LogP contribution in [0.5, 0.6) is 0 Å². The number of likely N-dealkylation sites (tertiary alicyclic amines) is 1. The molecule has 0 bridgehead atoms. The Labute approximate surface area is 146 Å². The fourth-order valence-electron chi connectivity index (χ4n) is 4.33. The number of aliphatic hydroxyl groups excluding tert-OH is 2. The largest absolute Gasteiger partial charge is 0.392 e. The molecule has 1 atom stereocenters. The average molecular weight is 338 g/mol. The number of piperidine rings is 1. The molecule has 2 aromatic rings. The maximum Gasteiger partial charge on any atom is 0.272 e. The number of hydrogen-bond donors (Lipinski definition) is 2. The van der Waals surface area contributed by atoms with E-state index in [2.05, 4.69) is 17.1 Å². The predicted molar refractivity (Wildman–Crippen MR) is 93.1 cm³/mol. The van der Waals surface area contributed by atoms with Gasteiger partial charge in [-0.05, 0) is 42.5 Å². The van der Waals surface area contributed by atoms with Gasteiger partial charge in [-0.15, -0.1) is 0 Å². The van der Waals surface area contributed by atoms with Crippen LogP contribution in [-0.2, 0) is 18.4 Å². The number of fused-ring (bicyclic) bond motifs is 2. The molecular weight excluding hydrogens is 316 g/mol. The Balaban J connectivity index is 1.53. The lowest BCUT2D eigenvalue weighted by atomic mass is 9.72. The third-order valence-corrected chi connectivity index (χ3v) is 5.74. The van der Waals surface area contributed by atoms with Crippen molar-refractivity contribution in [1.29, 1.82) is 0 Å². The van der Waals surface area contributed by atoms with Gasteiger partial charge in [0.25, 0.3) is 5.91 Å². The molecule has 130 valence electrons. The number of hydrogen-bond acceptors (Lipinski definition) is 4. The number of pyridine rings is 1. The molecule has 1 unspecified atom stereocenters. The lowest BCUT2D eigenvalue weighted by Crippen LogP contribution is -2.49. The second-order valence-corrected chi connectivity index (χ2v) is 7.00. The van der Waals surface area contributed by atoms with Crippen LogP contribution in [0.1, 0.15) is 40.2 Å². The van der Waals surface area contributed by atoms with Crippen molar-refractivity contribution < 1.29 is 15.0 Å². The van der Waals surface area contributed by atoms with Crippen LogP contribution in [0.2, 0.25) is 0 Å². The van der Waals surface area contributed by atoms with Crippen molar-refractivity contribution in [3.63, 3.8) is 0 Å². The van der Waals surface area contributed by atoms with E-state index in [0.29, 0.717) is 30.9 Å². The second-order valence-electron chi connectivity index (χ2n) is 7.00. The first-order valence-corrected chi connectivity index (χ1v) is 8.76. The summed E-state index contributed by atoms with van der Waals surface area (Å²) in [7, 11) is 0. The van der Waals surface area contributed by atoms with Gasteiger partial charge in [-0.1, -0.05) is 30.3 Å². The molecule has 25 heavy (non-hydrogen) atoms. The van der Waals surface area contributed by atoms with Gasteiger partial charge in [0, 0.05) is 18.5 Å². The van der Waals surface area contributed by atoms with E-state index in [9.17, 15) is 15.0 Å². The first kappa shape index (κ1) is 16.2. The summed E-state index contributed by atoms with van der Waals surface area (Å²) in [4.78, 5) is 18.7. The van der Waals surface area contributed by atoms with Crippen molar-refractivity contribution in [2.75, 3.05) is 13.1 Å². The van der Waals surface area contributed by atoms with Crippen molar-refractivity contribution in [3.8, 4) is 0 Å². The van der Waals surface area contributed by atoms with Gasteiger partial charge in [-0.3, -0.25) is 4.79 Å². The van der Waals surface area contributed by atoms with Gasteiger partial charge in [0.05, 0.1) is 18.4 Å². The third-order valence-electron chi connectivity index (χ3n) is 5.74. The Morgan fingerprint density at radius 3 is 2.68 bits per heavy atom. The molecule has 0 radical (unpaired) electrons. The minimum Gasteiger partial charge on any atom is -0.392 e. The topological polar surface area (TPSA) is 73.7 Å². The molecule has 1 spiro atoms. The lowest BCUT2D eigenvalue weighted by molar-refractivity contribution is 0.0362. The fraction of sp³-hybridized carbons (Fsp3) is 0.400. The summed E-state index contributed by atoms with van der Waals surface area (Å²) in [6.45, 7) is 1.04. The highest BCUT2D eigenvalue weighted by Crippen LogP contribution is 2.46. The van der Waals surface area contributed by atoms with Crippen LogP contribution in [0.15, 0.2) is 42.5 Å². The highest BCUT2D eigenvalue weighted by molar-refractivity contribution is 5.92. The monoisotopic (exact) mass is 338 g/mol. The molecular formula is C20H22N2O3. The lowest BCUT2D eigenvalue weighted by Gasteiger charge is -2.42. The number of rotatable bonds is 2. The predicted octanol–water partition coefficient (Wildman–Crippen LogP) is 1.66. The zero-order chi connectivity index (χ0) is 17.4. The smallest absolute Gasteiger partial charge is 0.272 e. The summed E-state index contributed by atoms with van der Waals surface area (Å²) in [5.74, 6) is -0.106. The van der Waals surface area contributed by atoms with Gasteiger partial charge in [0.15, 0.2) is 0 Å². The van der Waals surface area contributed by atoms with Gasteiger partial charge in [-0.25, -0.2) is 4.98 Å². The minimum absolute atomic E-state index is 0.106. The van der Waals surface area contributed by atoms with E-state index in [-0.39, 0.29) is 24.0 Å². The van der Waals surface area contributed by atoms with E-state index in [1.54, 1.807) is 18.2 Å². The SMILES string of the molecule is O=C(c1cccc(CO)n1)N1CCC2(CC1)c1ccccc1CC2O. The summed E-state index contributed by atoms with van der Waals surface area (Å²) in [6, 6.07) is 13.4. The van der Waals surface area contributed by atoms with Gasteiger partial charge in [0.1, 0.15) is 5.69 Å². The van der Waals surface area contributed by atoms with E-state index in [1.165, 1.54) is 11.1 Å². The molecule has 2 heterocycles. The van der Waals surface area contributed by atoms with Crippen LogP contribution in [0.3, 0.4) is 0 Å². The van der Waals surface area contributed by atoms with E-state index in [1.807, 2.05) is 17.0 Å². The highest BCUT2D eigenvalue weighted by atomic mass is 16.3. The number of nitrogens with zero attached hydrogens (tertiary/aromatic N) is 2. The normalized spacial score (nSPS) is 21.4. The Hall–Kier alpha value is -2.24. The van der Waals surface area contributed by atoms with Crippen LogP contribution < -0.4 is 0 Å². The van der Waals surface area contributed by atoms with Gasteiger partial charge in [0.2, 0.25) is 0 Å². The van der Waals surface area contributed by atoms with E-state index < -0.39 is 0 Å². The van der Waals surface area contributed by atoms with Crippen molar-refractivity contribution in [2.45, 2.75) is 37.4 Å². The molecule has 2 N–H and O–H groups in total. The molecule has 5 nitrogen and oxygen atoms in total. The number of carbonyl (C=O) groups is 1. The summed E-state index contributed by atoms with van der Waals surface area (Å²) < 4.78 is 0. The van der Waals surface area contributed by atoms with Crippen LogP contribution in [0.4, 0.5) is 0 Å². The fourth-order valence-corrected chi connectivity index (χ4v) is 4.33. The molecule has 1 aromatic carbocycles. The van der Waals surface area contributed by atoms with E-state index >= 15 is 0 Å². The van der Waals surface area contributed by atoms with Crippen molar-refractivity contribution in [3.05, 3.63) is 65.0 Å². The third kappa shape index (κ3) is 2.64. The van der Waals surface area contributed by atoms with Crippen LogP contribution in [0, 0.1) is 0 Å². The molecule has 1 aliphatic heterocycles. The van der Waals surface area contributed by atoms with Crippen LogP contribution >= 0.6 is 0 Å². The quantitative estimate of drug-likeness (QED) is 0.873. The molecule has 5 heteroatoms. The average Bonchev–Trinajstić information content (AvgIpc) is 2.93. The molecule has 1 saturated heterocycles. The first-order valence-electron chi connectivity index (χ1n) is 8.76. The molecule has 1 amide bonds. The first-order chi connectivity index (χ1) is 12.1. The maximum atomic E-state index is 12.7. The summed E-state index contributed by atoms with van der Waals surface area (Å²) in [6.07, 6.45) is 1.84. The maximum absolute atomic E-state index is 12.7. The molecule has 1 aromatic heterocycles. The number of amides is 1. The number of aromatic nitrogens is 1. The second kappa shape index (κ2) is 6.24. The summed E-state index contributed by atoms with van der Waals surface area (Å²) >= 11 is 0. The minimum atomic E-state index is -0.377. The zero-order valence-corrected chi connectivity index (χ0v) is 14.1. The Morgan fingerprint density at radius 2 is 1.92 bits per heavy atom. The molecule has 1 aliphatic carbocycles. The van der Waals surface area contributed by atoms with Gasteiger partial charge < -0.3 is 15.1 Å². The zero-order valence-electron chi connectivity index (χ0n) is 14.1. The number of benzene rings is 1. The molecule has 0 saturated carbocycles. The standard InChI is InChI=1S/C20H22N2O3/c23-13-15-5-3-7-17(21-15)19(25)22-10-8-20(9-11-22)16-6-2-1-4-14(16)12-18(20)24/h1-7,18,23-24H,8-13H2. The van der Waals surface area contributed by atoms with Crippen molar-refractivity contribution in [2.24, 2.45) is 0 Å². The molecule has 1 fully saturated rings. The number of carbonyl (C=O) groups excluding carboxylic acids is 1. The molecule has 4 rings (SSSR count). The Bertz CT molecular complexity index is 797. The summed E-state index contributed by atoms with van der Waals surface area (Å²) in [5.41, 5.74) is 3.12. The Kier molecular flexibility index (Phi) is 4.06. The molecule has 2 aliphatic rings. The van der Waals surface area contributed by atoms with Crippen molar-refractivity contribution >= 4 is 5.91 Å². The van der Waals surface area contributed by atoms with Gasteiger partial charge >= 0.3 is 0 Å². The van der Waals surface area contributed by atoms with E-state index in [4.69, 9.17) is 0 Å². The highest BCUT2D eigenvalue weighted by Gasteiger charge is 2.48. The van der Waals surface area contributed by atoms with Gasteiger partial charge in [-0.2, -0.15) is 0 Å². The van der Waals surface area contributed by atoms with Crippen molar-refractivity contribution in [1.82, 2.24) is 9.88 Å². The summed E-state index contributed by atoms with van der Waals surface area (Å²) in [5, 5.41) is 19.9.